The molecule has 0 aliphatic heterocycles. The summed E-state index contributed by atoms with van der Waals surface area (Å²) in [5.41, 5.74) is 11.9. The predicted molar refractivity (Wildman–Crippen MR) is 115 cm³/mol. The Hall–Kier alpha value is -4.52. The molecule has 1 unspecified atom stereocenters. The van der Waals surface area contributed by atoms with Gasteiger partial charge in [0, 0.05) is 0 Å². The number of nitrogens with zero attached hydrogens (tertiary/aromatic N) is 5. The molecule has 154 valence electrons. The number of hydrogen-bond acceptors (Lipinski definition) is 8. The first kappa shape index (κ1) is 19.8. The third-order valence-corrected chi connectivity index (χ3v) is 4.68. The van der Waals surface area contributed by atoms with Crippen LogP contribution < -0.4 is 22.3 Å². The van der Waals surface area contributed by atoms with E-state index >= 15 is 0 Å². The zero-order valence-electron chi connectivity index (χ0n) is 16.4. The van der Waals surface area contributed by atoms with E-state index in [-0.39, 0.29) is 28.5 Å². The lowest BCUT2D eigenvalue weighted by atomic mass is 10.2. The van der Waals surface area contributed by atoms with Gasteiger partial charge in [0.05, 0.1) is 22.6 Å². The number of para-hydroxylation sites is 1. The Bertz CT molecular complexity index is 1390. The van der Waals surface area contributed by atoms with Crippen LogP contribution in [0, 0.1) is 17.1 Å². The SMILES string of the molecule is CC(Nc1nc(N)nc(N)c1C#N)c1nc2ccc(F)cc2c(=O)n1-c1ccccc1. The van der Waals surface area contributed by atoms with Crippen molar-refractivity contribution in [2.24, 2.45) is 0 Å². The lowest BCUT2D eigenvalue weighted by Gasteiger charge is -2.20. The number of benzene rings is 2. The summed E-state index contributed by atoms with van der Waals surface area (Å²) in [6.07, 6.45) is 0. The molecule has 2 aromatic heterocycles. The predicted octanol–water partition coefficient (Wildman–Crippen LogP) is 2.52. The van der Waals surface area contributed by atoms with Gasteiger partial charge in [-0.25, -0.2) is 9.37 Å². The maximum Gasteiger partial charge on any atom is 0.266 e. The van der Waals surface area contributed by atoms with Gasteiger partial charge >= 0.3 is 0 Å². The molecule has 0 radical (unpaired) electrons. The summed E-state index contributed by atoms with van der Waals surface area (Å²) in [6, 6.07) is 14.0. The third kappa shape index (κ3) is 3.60. The summed E-state index contributed by atoms with van der Waals surface area (Å²) in [6.45, 7) is 1.74. The molecule has 9 nitrogen and oxygen atoms in total. The fourth-order valence-corrected chi connectivity index (χ4v) is 3.27. The van der Waals surface area contributed by atoms with Gasteiger partial charge in [-0.15, -0.1) is 0 Å². The van der Waals surface area contributed by atoms with E-state index in [1.807, 2.05) is 12.1 Å². The molecule has 0 fully saturated rings. The first-order valence-corrected chi connectivity index (χ1v) is 9.26. The first-order chi connectivity index (χ1) is 14.9. The highest BCUT2D eigenvalue weighted by Crippen LogP contribution is 2.25. The minimum absolute atomic E-state index is 0.0255. The van der Waals surface area contributed by atoms with Crippen LogP contribution in [-0.2, 0) is 0 Å². The molecule has 4 aromatic rings. The number of nitriles is 1. The number of nitrogens with two attached hydrogens (primary N) is 2. The van der Waals surface area contributed by atoms with Crippen LogP contribution in [0.15, 0.2) is 53.3 Å². The van der Waals surface area contributed by atoms with E-state index in [2.05, 4.69) is 20.3 Å². The van der Waals surface area contributed by atoms with Crippen LogP contribution in [0.3, 0.4) is 0 Å². The fourth-order valence-electron chi connectivity index (χ4n) is 3.27. The molecule has 0 aliphatic carbocycles. The Balaban J connectivity index is 1.92. The Morgan fingerprint density at radius 3 is 2.58 bits per heavy atom. The molecule has 31 heavy (non-hydrogen) atoms. The summed E-state index contributed by atoms with van der Waals surface area (Å²) < 4.78 is 15.2. The van der Waals surface area contributed by atoms with Crippen molar-refractivity contribution in [3.8, 4) is 11.8 Å². The van der Waals surface area contributed by atoms with Crippen molar-refractivity contribution in [1.29, 1.82) is 5.26 Å². The second-order valence-corrected chi connectivity index (χ2v) is 6.78. The van der Waals surface area contributed by atoms with Crippen molar-refractivity contribution in [3.05, 3.63) is 76.1 Å². The number of hydrogen-bond donors (Lipinski definition) is 3. The van der Waals surface area contributed by atoms with Crippen LogP contribution in [0.1, 0.15) is 24.4 Å². The largest absolute Gasteiger partial charge is 0.382 e. The van der Waals surface area contributed by atoms with E-state index in [4.69, 9.17) is 11.5 Å². The number of nitrogens with one attached hydrogen (secondary N) is 1. The zero-order chi connectivity index (χ0) is 22.1. The molecule has 0 bridgehead atoms. The Labute approximate surface area is 175 Å². The van der Waals surface area contributed by atoms with Crippen molar-refractivity contribution < 1.29 is 4.39 Å². The molecule has 4 rings (SSSR count). The molecule has 0 aliphatic rings. The highest BCUT2D eigenvalue weighted by atomic mass is 19.1. The van der Waals surface area contributed by atoms with E-state index in [0.29, 0.717) is 17.0 Å². The topological polar surface area (TPSA) is 149 Å². The molecular weight excluding hydrogens is 399 g/mol. The maximum absolute atomic E-state index is 13.8. The van der Waals surface area contributed by atoms with E-state index < -0.39 is 17.4 Å². The van der Waals surface area contributed by atoms with Crippen molar-refractivity contribution in [1.82, 2.24) is 19.5 Å². The molecule has 10 heteroatoms. The molecule has 2 aromatic carbocycles. The summed E-state index contributed by atoms with van der Waals surface area (Å²) in [7, 11) is 0. The van der Waals surface area contributed by atoms with Crippen molar-refractivity contribution >= 4 is 28.5 Å². The van der Waals surface area contributed by atoms with E-state index in [0.717, 1.165) is 6.07 Å². The maximum atomic E-state index is 13.8. The minimum Gasteiger partial charge on any atom is -0.382 e. The molecule has 0 amide bonds. The average molecular weight is 416 g/mol. The summed E-state index contributed by atoms with van der Waals surface area (Å²) in [4.78, 5) is 25.7. The Morgan fingerprint density at radius 2 is 1.87 bits per heavy atom. The quantitative estimate of drug-likeness (QED) is 0.459. The van der Waals surface area contributed by atoms with Gasteiger partial charge in [-0.2, -0.15) is 15.2 Å². The molecule has 0 spiro atoms. The molecule has 1 atom stereocenters. The second-order valence-electron chi connectivity index (χ2n) is 6.78. The third-order valence-electron chi connectivity index (χ3n) is 4.68. The Morgan fingerprint density at radius 1 is 1.13 bits per heavy atom. The first-order valence-electron chi connectivity index (χ1n) is 9.26. The highest BCUT2D eigenvalue weighted by molar-refractivity contribution is 5.78. The molecule has 0 saturated carbocycles. The van der Waals surface area contributed by atoms with Crippen LogP contribution in [0.4, 0.5) is 22.0 Å². The van der Waals surface area contributed by atoms with Crippen LogP contribution in [0.5, 0.6) is 0 Å². The van der Waals surface area contributed by atoms with Gasteiger partial charge in [-0.3, -0.25) is 9.36 Å². The van der Waals surface area contributed by atoms with Crippen LogP contribution in [0.2, 0.25) is 0 Å². The monoisotopic (exact) mass is 416 g/mol. The van der Waals surface area contributed by atoms with E-state index in [1.165, 1.54) is 16.7 Å². The van der Waals surface area contributed by atoms with Crippen LogP contribution >= 0.6 is 0 Å². The summed E-state index contributed by atoms with van der Waals surface area (Å²) >= 11 is 0. The fraction of sp³-hybridized carbons (Fsp3) is 0.0952. The van der Waals surface area contributed by atoms with E-state index in [9.17, 15) is 14.4 Å². The van der Waals surface area contributed by atoms with Crippen LogP contribution in [0.25, 0.3) is 16.6 Å². The molecule has 5 N–H and O–H groups in total. The number of rotatable bonds is 4. The second kappa shape index (κ2) is 7.72. The number of fused-ring (bicyclic) bond motifs is 1. The molecule has 2 heterocycles. The van der Waals surface area contributed by atoms with E-state index in [1.54, 1.807) is 31.2 Å². The van der Waals surface area contributed by atoms with Gasteiger partial charge in [0.1, 0.15) is 29.1 Å². The number of halogens is 1. The smallest absolute Gasteiger partial charge is 0.266 e. The lowest BCUT2D eigenvalue weighted by molar-refractivity contribution is 0.629. The van der Waals surface area contributed by atoms with Gasteiger partial charge in [0.15, 0.2) is 5.82 Å². The number of nitrogen functional groups attached to an aromatic ring is 2. The standard InChI is InChI=1S/C21H17FN8O/c1-11(26-18-15(10-23)17(24)28-21(25)29-18)19-27-16-8-7-12(22)9-14(16)20(31)30(19)13-5-3-2-4-6-13/h2-9,11H,1H3,(H5,24,25,26,28,29). The van der Waals surface area contributed by atoms with Crippen LogP contribution in [-0.4, -0.2) is 19.5 Å². The zero-order valence-corrected chi connectivity index (χ0v) is 16.4. The lowest BCUT2D eigenvalue weighted by Crippen LogP contribution is -2.27. The van der Waals surface area contributed by atoms with Gasteiger partial charge in [-0.1, -0.05) is 18.2 Å². The van der Waals surface area contributed by atoms with Crippen molar-refractivity contribution in [2.45, 2.75) is 13.0 Å². The van der Waals surface area contributed by atoms with Gasteiger partial charge < -0.3 is 16.8 Å². The molecular formula is C21H17FN8O. The number of aromatic nitrogens is 4. The molecule has 0 saturated heterocycles. The minimum atomic E-state index is -0.608. The Kier molecular flexibility index (Phi) is 4.92. The average Bonchev–Trinajstić information content (AvgIpc) is 2.74. The summed E-state index contributed by atoms with van der Waals surface area (Å²) in [5, 5.41) is 12.6. The number of anilines is 3. The highest BCUT2D eigenvalue weighted by Gasteiger charge is 2.21. The van der Waals surface area contributed by atoms with Crippen molar-refractivity contribution in [3.63, 3.8) is 0 Å². The normalized spacial score (nSPS) is 11.8. The van der Waals surface area contributed by atoms with Gasteiger partial charge in [-0.05, 0) is 37.3 Å². The summed E-state index contributed by atoms with van der Waals surface area (Å²) in [5.74, 6) is -0.251. The van der Waals surface area contributed by atoms with Gasteiger partial charge in [0.25, 0.3) is 5.56 Å². The van der Waals surface area contributed by atoms with Crippen molar-refractivity contribution in [2.75, 3.05) is 16.8 Å². The van der Waals surface area contributed by atoms with Gasteiger partial charge in [0.2, 0.25) is 5.95 Å².